The number of rotatable bonds is 4. The van der Waals surface area contributed by atoms with Crippen molar-refractivity contribution in [2.75, 3.05) is 13.1 Å². The van der Waals surface area contributed by atoms with E-state index < -0.39 is 0 Å². The van der Waals surface area contributed by atoms with Crippen molar-refractivity contribution in [3.05, 3.63) is 35.4 Å². The molecular formula is C18H27NO. The molecule has 2 atom stereocenters. The van der Waals surface area contributed by atoms with Crippen LogP contribution < -0.4 is 5.32 Å². The zero-order valence-corrected chi connectivity index (χ0v) is 12.6. The second-order valence-electron chi connectivity index (χ2n) is 6.39. The molecule has 0 spiro atoms. The highest BCUT2D eigenvalue weighted by molar-refractivity contribution is 5.24. The van der Waals surface area contributed by atoms with Gasteiger partial charge in [-0.05, 0) is 29.9 Å². The molecule has 2 heteroatoms. The van der Waals surface area contributed by atoms with Crippen molar-refractivity contribution in [3.63, 3.8) is 0 Å². The fourth-order valence-corrected chi connectivity index (χ4v) is 3.63. The van der Waals surface area contributed by atoms with Gasteiger partial charge in [0.1, 0.15) is 0 Å². The van der Waals surface area contributed by atoms with E-state index in [-0.39, 0.29) is 6.10 Å². The third-order valence-corrected chi connectivity index (χ3v) is 4.89. The highest BCUT2D eigenvalue weighted by Crippen LogP contribution is 2.31. The number of hydrogen-bond donors (Lipinski definition) is 1. The van der Waals surface area contributed by atoms with Gasteiger partial charge in [0.05, 0.1) is 12.2 Å². The first kappa shape index (κ1) is 14.1. The Kier molecular flexibility index (Phi) is 4.74. The summed E-state index contributed by atoms with van der Waals surface area (Å²) in [5.41, 5.74) is 2.73. The van der Waals surface area contributed by atoms with E-state index in [0.29, 0.717) is 6.10 Å². The summed E-state index contributed by atoms with van der Waals surface area (Å²) in [6.07, 6.45) is 8.67. The molecule has 20 heavy (non-hydrogen) atoms. The summed E-state index contributed by atoms with van der Waals surface area (Å²) < 4.78 is 6.35. The van der Waals surface area contributed by atoms with Crippen LogP contribution >= 0.6 is 0 Å². The highest BCUT2D eigenvalue weighted by Gasteiger charge is 2.26. The van der Waals surface area contributed by atoms with Gasteiger partial charge < -0.3 is 10.1 Å². The molecule has 3 rings (SSSR count). The number of morpholine rings is 1. The van der Waals surface area contributed by atoms with Crippen LogP contribution in [0, 0.1) is 5.92 Å². The Morgan fingerprint density at radius 3 is 2.55 bits per heavy atom. The molecule has 1 aliphatic carbocycles. The quantitative estimate of drug-likeness (QED) is 0.899. The predicted molar refractivity (Wildman–Crippen MR) is 82.9 cm³/mol. The Balaban J connectivity index is 1.58. The molecule has 2 unspecified atom stereocenters. The summed E-state index contributed by atoms with van der Waals surface area (Å²) in [6, 6.07) is 8.95. The number of aryl methyl sites for hydroxylation is 1. The largest absolute Gasteiger partial charge is 0.368 e. The summed E-state index contributed by atoms with van der Waals surface area (Å²) >= 11 is 0. The standard InChI is InChI=1S/C18H27NO/c1-2-14-7-9-16(10-8-14)18-13-19-12-17(20-18)11-15-5-3-4-6-15/h7-10,15,17-19H,2-6,11-13H2,1H3. The maximum Gasteiger partial charge on any atom is 0.0953 e. The highest BCUT2D eigenvalue weighted by atomic mass is 16.5. The third kappa shape index (κ3) is 3.42. The molecule has 2 aliphatic rings. The lowest BCUT2D eigenvalue weighted by Crippen LogP contribution is -2.41. The number of benzene rings is 1. The normalized spacial score (nSPS) is 27.9. The van der Waals surface area contributed by atoms with E-state index in [4.69, 9.17) is 4.74 Å². The molecule has 1 saturated carbocycles. The van der Waals surface area contributed by atoms with Crippen LogP contribution in [0.1, 0.15) is 56.3 Å². The van der Waals surface area contributed by atoms with Gasteiger partial charge in [-0.2, -0.15) is 0 Å². The third-order valence-electron chi connectivity index (χ3n) is 4.89. The van der Waals surface area contributed by atoms with Gasteiger partial charge in [-0.25, -0.2) is 0 Å². The summed E-state index contributed by atoms with van der Waals surface area (Å²) in [5, 5.41) is 3.56. The van der Waals surface area contributed by atoms with Crippen molar-refractivity contribution in [3.8, 4) is 0 Å². The first-order chi connectivity index (χ1) is 9.85. The fourth-order valence-electron chi connectivity index (χ4n) is 3.63. The van der Waals surface area contributed by atoms with Crippen molar-refractivity contribution < 1.29 is 4.74 Å². The molecule has 2 nitrogen and oxygen atoms in total. The van der Waals surface area contributed by atoms with Crippen LogP contribution in [0.15, 0.2) is 24.3 Å². The van der Waals surface area contributed by atoms with E-state index >= 15 is 0 Å². The number of nitrogens with one attached hydrogen (secondary N) is 1. The lowest BCUT2D eigenvalue weighted by Gasteiger charge is -2.32. The van der Waals surface area contributed by atoms with E-state index in [1.165, 1.54) is 43.2 Å². The summed E-state index contributed by atoms with van der Waals surface area (Å²) in [6.45, 7) is 4.18. The molecule has 1 N–H and O–H groups in total. The maximum absolute atomic E-state index is 6.35. The van der Waals surface area contributed by atoms with Crippen LogP contribution in [0.2, 0.25) is 0 Å². The molecule has 0 radical (unpaired) electrons. The zero-order valence-electron chi connectivity index (χ0n) is 12.6. The molecule has 0 aromatic heterocycles. The van der Waals surface area contributed by atoms with Gasteiger partial charge in [0.25, 0.3) is 0 Å². The topological polar surface area (TPSA) is 21.3 Å². The monoisotopic (exact) mass is 273 g/mol. The molecule has 110 valence electrons. The summed E-state index contributed by atoms with van der Waals surface area (Å²) in [4.78, 5) is 0. The Hall–Kier alpha value is -0.860. The van der Waals surface area contributed by atoms with Crippen molar-refractivity contribution in [1.29, 1.82) is 0 Å². The predicted octanol–water partition coefficient (Wildman–Crippen LogP) is 3.86. The van der Waals surface area contributed by atoms with Gasteiger partial charge in [-0.15, -0.1) is 0 Å². The van der Waals surface area contributed by atoms with Crippen molar-refractivity contribution in [2.45, 2.75) is 57.7 Å². The SMILES string of the molecule is CCc1ccc(C2CNCC(CC3CCCC3)O2)cc1. The number of hydrogen-bond acceptors (Lipinski definition) is 2. The average Bonchev–Trinajstić information content (AvgIpc) is 3.01. The molecule has 1 aromatic carbocycles. The van der Waals surface area contributed by atoms with Gasteiger partial charge in [-0.3, -0.25) is 0 Å². The maximum atomic E-state index is 6.35. The van der Waals surface area contributed by atoms with E-state index in [1.807, 2.05) is 0 Å². The lowest BCUT2D eigenvalue weighted by atomic mass is 9.98. The van der Waals surface area contributed by atoms with Crippen LogP contribution in [-0.2, 0) is 11.2 Å². The smallest absolute Gasteiger partial charge is 0.0953 e. The Bertz CT molecular complexity index is 408. The van der Waals surface area contributed by atoms with E-state index in [0.717, 1.165) is 25.4 Å². The second-order valence-corrected chi connectivity index (χ2v) is 6.39. The summed E-state index contributed by atoms with van der Waals surface area (Å²) in [7, 11) is 0. The first-order valence-electron chi connectivity index (χ1n) is 8.30. The van der Waals surface area contributed by atoms with Crippen LogP contribution in [0.5, 0.6) is 0 Å². The van der Waals surface area contributed by atoms with Crippen LogP contribution in [0.25, 0.3) is 0 Å². The molecule has 2 fully saturated rings. The zero-order chi connectivity index (χ0) is 13.8. The minimum absolute atomic E-state index is 0.237. The minimum atomic E-state index is 0.237. The van der Waals surface area contributed by atoms with Crippen LogP contribution in [0.4, 0.5) is 0 Å². The molecule has 0 bridgehead atoms. The first-order valence-corrected chi connectivity index (χ1v) is 8.30. The Morgan fingerprint density at radius 2 is 1.85 bits per heavy atom. The van der Waals surface area contributed by atoms with E-state index in [9.17, 15) is 0 Å². The Morgan fingerprint density at radius 1 is 1.10 bits per heavy atom. The van der Waals surface area contributed by atoms with Gasteiger partial charge in [-0.1, -0.05) is 56.9 Å². The van der Waals surface area contributed by atoms with Gasteiger partial charge >= 0.3 is 0 Å². The van der Waals surface area contributed by atoms with E-state index in [2.05, 4.69) is 36.5 Å². The van der Waals surface area contributed by atoms with Gasteiger partial charge in [0.2, 0.25) is 0 Å². The second kappa shape index (κ2) is 6.73. The molecule has 1 aliphatic heterocycles. The van der Waals surface area contributed by atoms with Crippen LogP contribution in [0.3, 0.4) is 0 Å². The molecule has 1 aromatic rings. The molecule has 0 amide bonds. The molecule has 1 saturated heterocycles. The average molecular weight is 273 g/mol. The van der Waals surface area contributed by atoms with Crippen molar-refractivity contribution in [1.82, 2.24) is 5.32 Å². The van der Waals surface area contributed by atoms with Gasteiger partial charge in [0.15, 0.2) is 0 Å². The summed E-state index contributed by atoms with van der Waals surface area (Å²) in [5.74, 6) is 0.906. The van der Waals surface area contributed by atoms with Crippen LogP contribution in [-0.4, -0.2) is 19.2 Å². The minimum Gasteiger partial charge on any atom is -0.368 e. The van der Waals surface area contributed by atoms with Crippen molar-refractivity contribution in [2.24, 2.45) is 5.92 Å². The fraction of sp³-hybridized carbons (Fsp3) is 0.667. The Labute approximate surface area is 122 Å². The van der Waals surface area contributed by atoms with Crippen molar-refractivity contribution >= 4 is 0 Å². The number of ether oxygens (including phenoxy) is 1. The lowest BCUT2D eigenvalue weighted by molar-refractivity contribution is -0.0489. The van der Waals surface area contributed by atoms with Gasteiger partial charge in [0, 0.05) is 13.1 Å². The van der Waals surface area contributed by atoms with E-state index in [1.54, 1.807) is 0 Å². The molecule has 1 heterocycles. The molecular weight excluding hydrogens is 246 g/mol.